The molecule has 0 saturated heterocycles. The van der Waals surface area contributed by atoms with Gasteiger partial charge in [0.25, 0.3) is 0 Å². The maximum atomic E-state index is 14.6. The van der Waals surface area contributed by atoms with Gasteiger partial charge in [0.2, 0.25) is 0 Å². The van der Waals surface area contributed by atoms with Crippen LogP contribution < -0.4 is 9.64 Å². The van der Waals surface area contributed by atoms with Crippen molar-refractivity contribution >= 4 is 27.8 Å². The predicted octanol–water partition coefficient (Wildman–Crippen LogP) is 4.77. The Hall–Kier alpha value is -4.90. The lowest BCUT2D eigenvalue weighted by Crippen LogP contribution is -2.19. The lowest BCUT2D eigenvalue weighted by Gasteiger charge is -2.12. The van der Waals surface area contributed by atoms with E-state index in [1.807, 2.05) is 68.5 Å². The van der Waals surface area contributed by atoms with Crippen LogP contribution in [0.5, 0.6) is 5.75 Å². The van der Waals surface area contributed by atoms with Crippen LogP contribution in [0, 0.1) is 5.82 Å². The van der Waals surface area contributed by atoms with Gasteiger partial charge in [0.15, 0.2) is 11.5 Å². The highest BCUT2D eigenvalue weighted by Gasteiger charge is 2.18. The van der Waals surface area contributed by atoms with E-state index in [0.29, 0.717) is 40.6 Å². The zero-order valence-corrected chi connectivity index (χ0v) is 22.6. The van der Waals surface area contributed by atoms with Gasteiger partial charge >= 0.3 is 0 Å². The van der Waals surface area contributed by atoms with Crippen molar-refractivity contribution < 1.29 is 9.13 Å². The Labute approximate surface area is 229 Å². The van der Waals surface area contributed by atoms with E-state index in [9.17, 15) is 4.39 Å². The number of H-pyrrole nitrogens is 2. The van der Waals surface area contributed by atoms with Crippen molar-refractivity contribution in [3.63, 3.8) is 0 Å². The predicted molar refractivity (Wildman–Crippen MR) is 154 cm³/mol. The SMILES string of the molecule is CN(C)CCOc1cc(F)cc(-c2ccnc3[nH]c(-c4n[nH]c5cnc(-c6cncc(N(C)C)c6)cc45)nc23)c1. The van der Waals surface area contributed by atoms with Crippen LogP contribution in [0.2, 0.25) is 0 Å². The topological polar surface area (TPSA) is 112 Å². The number of benzene rings is 1. The number of aromatic amines is 2. The number of likely N-dealkylation sites (N-methyl/N-ethyl adjacent to an activating group) is 1. The quantitative estimate of drug-likeness (QED) is 0.286. The maximum absolute atomic E-state index is 14.6. The van der Waals surface area contributed by atoms with Crippen LogP contribution in [0.3, 0.4) is 0 Å². The fourth-order valence-corrected chi connectivity index (χ4v) is 4.47. The minimum absolute atomic E-state index is 0.385. The van der Waals surface area contributed by atoms with E-state index in [2.05, 4.69) is 30.1 Å². The molecule has 6 aromatic rings. The standard InChI is InChI=1S/C29H28FN9O/c1-38(2)7-8-40-21-11-17(9-19(30)12-21)22-5-6-32-28-26(22)34-29(35-28)27-23-13-24(33-16-25(23)36-37-27)18-10-20(39(3)4)15-31-14-18/h5-6,9-16H,7-8H2,1-4H3,(H,36,37)(H,32,34,35). The van der Waals surface area contributed by atoms with E-state index < -0.39 is 0 Å². The van der Waals surface area contributed by atoms with Gasteiger partial charge in [-0.05, 0) is 50.0 Å². The van der Waals surface area contributed by atoms with E-state index in [4.69, 9.17) is 9.72 Å². The summed E-state index contributed by atoms with van der Waals surface area (Å²) in [6, 6.07) is 10.5. The molecule has 0 unspecified atom stereocenters. The summed E-state index contributed by atoms with van der Waals surface area (Å²) in [5, 5.41) is 8.42. The second-order valence-corrected chi connectivity index (χ2v) is 9.98. The summed E-state index contributed by atoms with van der Waals surface area (Å²) in [4.78, 5) is 25.6. The highest BCUT2D eigenvalue weighted by Crippen LogP contribution is 2.33. The summed E-state index contributed by atoms with van der Waals surface area (Å²) in [5.74, 6) is 0.616. The van der Waals surface area contributed by atoms with Gasteiger partial charge in [0.05, 0.1) is 29.3 Å². The molecule has 6 rings (SSSR count). The summed E-state index contributed by atoms with van der Waals surface area (Å²) in [6.45, 7) is 1.17. The van der Waals surface area contributed by atoms with Gasteiger partial charge in [-0.3, -0.25) is 15.1 Å². The molecular formula is C29H28FN9O. The second kappa shape index (κ2) is 10.3. The minimum Gasteiger partial charge on any atom is -0.492 e. The van der Waals surface area contributed by atoms with E-state index in [0.717, 1.165) is 40.0 Å². The van der Waals surface area contributed by atoms with Crippen LogP contribution in [0.25, 0.3) is 56.0 Å². The zero-order chi connectivity index (χ0) is 27.8. The van der Waals surface area contributed by atoms with Crippen LogP contribution in [-0.4, -0.2) is 81.4 Å². The first-order valence-electron chi connectivity index (χ1n) is 12.8. The molecule has 10 nitrogen and oxygen atoms in total. The molecule has 0 radical (unpaired) electrons. The highest BCUT2D eigenvalue weighted by atomic mass is 19.1. The van der Waals surface area contributed by atoms with Gasteiger partial charge in [-0.2, -0.15) is 5.10 Å². The lowest BCUT2D eigenvalue weighted by atomic mass is 10.1. The van der Waals surface area contributed by atoms with Crippen LogP contribution in [-0.2, 0) is 0 Å². The maximum Gasteiger partial charge on any atom is 0.160 e. The molecule has 202 valence electrons. The molecule has 0 aliphatic carbocycles. The largest absolute Gasteiger partial charge is 0.492 e. The average molecular weight is 538 g/mol. The molecule has 5 aromatic heterocycles. The number of imidazole rings is 1. The Bertz CT molecular complexity index is 1830. The third-order valence-corrected chi connectivity index (χ3v) is 6.58. The van der Waals surface area contributed by atoms with Crippen molar-refractivity contribution in [2.24, 2.45) is 0 Å². The Morgan fingerprint density at radius 3 is 2.65 bits per heavy atom. The molecule has 0 spiro atoms. The molecule has 0 atom stereocenters. The number of pyridine rings is 3. The second-order valence-electron chi connectivity index (χ2n) is 9.98. The lowest BCUT2D eigenvalue weighted by molar-refractivity contribution is 0.260. The number of ether oxygens (including phenoxy) is 1. The normalized spacial score (nSPS) is 11.6. The summed E-state index contributed by atoms with van der Waals surface area (Å²) in [6.07, 6.45) is 7.02. The molecule has 0 fully saturated rings. The molecular weight excluding hydrogens is 509 g/mol. The van der Waals surface area contributed by atoms with E-state index in [-0.39, 0.29) is 5.82 Å². The monoisotopic (exact) mass is 537 g/mol. The van der Waals surface area contributed by atoms with E-state index in [1.165, 1.54) is 12.1 Å². The van der Waals surface area contributed by atoms with Crippen LogP contribution in [0.1, 0.15) is 0 Å². The first-order chi connectivity index (χ1) is 19.4. The number of hydrogen-bond acceptors (Lipinski definition) is 8. The molecule has 0 amide bonds. The molecule has 0 aliphatic heterocycles. The smallest absolute Gasteiger partial charge is 0.160 e. The number of nitrogens with zero attached hydrogens (tertiary/aromatic N) is 7. The van der Waals surface area contributed by atoms with Crippen molar-refractivity contribution in [2.45, 2.75) is 0 Å². The number of hydrogen-bond donors (Lipinski definition) is 2. The average Bonchev–Trinajstić information content (AvgIpc) is 3.56. The van der Waals surface area contributed by atoms with Crippen LogP contribution in [0.15, 0.2) is 61.2 Å². The third kappa shape index (κ3) is 4.94. The minimum atomic E-state index is -0.385. The molecule has 11 heteroatoms. The van der Waals surface area contributed by atoms with Crippen molar-refractivity contribution in [1.82, 2.24) is 40.0 Å². The molecule has 1 aromatic carbocycles. The van der Waals surface area contributed by atoms with Crippen LogP contribution in [0.4, 0.5) is 10.1 Å². The Kier molecular flexibility index (Phi) is 6.56. The molecule has 0 aliphatic rings. The van der Waals surface area contributed by atoms with Crippen molar-refractivity contribution in [2.75, 3.05) is 46.2 Å². The zero-order valence-electron chi connectivity index (χ0n) is 22.6. The summed E-state index contributed by atoms with van der Waals surface area (Å²) in [5.41, 5.74) is 6.60. The number of rotatable bonds is 8. The first kappa shape index (κ1) is 25.4. The summed E-state index contributed by atoms with van der Waals surface area (Å²) in [7, 11) is 7.86. The Morgan fingerprint density at radius 2 is 1.82 bits per heavy atom. The highest BCUT2D eigenvalue weighted by molar-refractivity contribution is 5.96. The third-order valence-electron chi connectivity index (χ3n) is 6.58. The molecule has 40 heavy (non-hydrogen) atoms. The number of anilines is 1. The number of fused-ring (bicyclic) bond motifs is 2. The molecule has 5 heterocycles. The van der Waals surface area contributed by atoms with Gasteiger partial charge in [-0.1, -0.05) is 0 Å². The van der Waals surface area contributed by atoms with Crippen molar-refractivity contribution in [3.8, 4) is 39.7 Å². The summed E-state index contributed by atoms with van der Waals surface area (Å²) >= 11 is 0. The van der Waals surface area contributed by atoms with E-state index >= 15 is 0 Å². The Balaban J connectivity index is 1.39. The summed E-state index contributed by atoms with van der Waals surface area (Å²) < 4.78 is 20.4. The molecule has 2 N–H and O–H groups in total. The first-order valence-corrected chi connectivity index (χ1v) is 12.8. The number of aromatic nitrogens is 7. The van der Waals surface area contributed by atoms with Gasteiger partial charge in [-0.25, -0.2) is 14.4 Å². The van der Waals surface area contributed by atoms with E-state index in [1.54, 1.807) is 18.6 Å². The van der Waals surface area contributed by atoms with Gasteiger partial charge in [0.1, 0.15) is 29.4 Å². The van der Waals surface area contributed by atoms with Crippen molar-refractivity contribution in [3.05, 3.63) is 67.0 Å². The Morgan fingerprint density at radius 1 is 0.950 bits per heavy atom. The van der Waals surface area contributed by atoms with Gasteiger partial charge < -0.3 is 19.5 Å². The molecule has 0 saturated carbocycles. The number of nitrogens with one attached hydrogen (secondary N) is 2. The van der Waals surface area contributed by atoms with Crippen molar-refractivity contribution in [1.29, 1.82) is 0 Å². The fourth-order valence-electron chi connectivity index (χ4n) is 4.47. The van der Waals surface area contributed by atoms with Gasteiger partial charge in [-0.15, -0.1) is 0 Å². The molecule has 0 bridgehead atoms. The van der Waals surface area contributed by atoms with Crippen LogP contribution >= 0.6 is 0 Å². The fraction of sp³-hybridized carbons (Fsp3) is 0.207. The number of halogens is 1. The van der Waals surface area contributed by atoms with Gasteiger partial charge in [0, 0.05) is 55.6 Å².